The van der Waals surface area contributed by atoms with Crippen LogP contribution in [0.4, 0.5) is 0 Å². The first-order valence-electron chi connectivity index (χ1n) is 11.8. The van der Waals surface area contributed by atoms with Crippen LogP contribution in [0.5, 0.6) is 5.75 Å². The Kier molecular flexibility index (Phi) is 8.22. The molecule has 3 rings (SSSR count). The van der Waals surface area contributed by atoms with Crippen LogP contribution < -0.4 is 10.1 Å². The Hall–Kier alpha value is -2.91. The normalized spacial score (nSPS) is 21.0. The van der Waals surface area contributed by atoms with Gasteiger partial charge in [-0.3, -0.25) is 10.1 Å². The van der Waals surface area contributed by atoms with E-state index < -0.39 is 27.3 Å². The third-order valence-electron chi connectivity index (χ3n) is 6.73. The number of amides is 1. The van der Waals surface area contributed by atoms with E-state index in [9.17, 15) is 18.0 Å². The van der Waals surface area contributed by atoms with E-state index in [1.54, 1.807) is 6.07 Å². The molecule has 0 fully saturated rings. The van der Waals surface area contributed by atoms with E-state index in [0.717, 1.165) is 29.7 Å². The number of rotatable bonds is 8. The first kappa shape index (κ1) is 26.7. The Morgan fingerprint density at radius 2 is 1.89 bits per heavy atom. The molecule has 0 saturated heterocycles. The Bertz CT molecular complexity index is 1180. The topological polar surface area (TPSA) is 113 Å². The van der Waals surface area contributed by atoms with E-state index in [4.69, 9.17) is 9.84 Å². The largest absolute Gasteiger partial charge is 0.496 e. The number of methoxy groups -OCH3 is 1. The van der Waals surface area contributed by atoms with E-state index in [-0.39, 0.29) is 23.2 Å². The summed E-state index contributed by atoms with van der Waals surface area (Å²) in [5.74, 6) is -2.32. The van der Waals surface area contributed by atoms with Gasteiger partial charge in [-0.25, -0.2) is 13.2 Å². The Balaban J connectivity index is 2.22. The smallest absolute Gasteiger partial charge is 0.394 e. The van der Waals surface area contributed by atoms with Gasteiger partial charge in [0.25, 0.3) is 0 Å². The zero-order valence-corrected chi connectivity index (χ0v) is 21.5. The standard InChI is InChI=1S/C26H34N2O6S/c1-5-7-13-26(6-2)17-35(32,33)22-14-19(16-28(3)24(29)25(30)31)21(34-4)15-20(22)23(27-26)18-11-9-8-10-12-18/h8-12,14-15,23,27H,5-7,13,16-17H2,1-4H3,(H,30,31)/t23-,26-/m1/s1. The van der Waals surface area contributed by atoms with Crippen LogP contribution in [0.1, 0.15) is 62.3 Å². The summed E-state index contributed by atoms with van der Waals surface area (Å²) < 4.78 is 33.2. The first-order chi connectivity index (χ1) is 16.6. The maximum absolute atomic E-state index is 13.8. The summed E-state index contributed by atoms with van der Waals surface area (Å²) in [5, 5.41) is 12.8. The van der Waals surface area contributed by atoms with Crippen molar-refractivity contribution < 1.29 is 27.9 Å². The lowest BCUT2D eigenvalue weighted by Gasteiger charge is -2.36. The number of carboxylic acids is 1. The van der Waals surface area contributed by atoms with Gasteiger partial charge in [0.05, 0.1) is 23.8 Å². The number of sulfone groups is 1. The van der Waals surface area contributed by atoms with Crippen molar-refractivity contribution in [2.24, 2.45) is 0 Å². The summed E-state index contributed by atoms with van der Waals surface area (Å²) in [5.41, 5.74) is 1.33. The molecule has 1 aliphatic rings. The number of hydrogen-bond acceptors (Lipinski definition) is 6. The molecule has 190 valence electrons. The number of carbonyl (C=O) groups excluding carboxylic acids is 1. The molecule has 1 heterocycles. The molecule has 2 atom stereocenters. The summed E-state index contributed by atoms with van der Waals surface area (Å²) in [6.45, 7) is 3.99. The van der Waals surface area contributed by atoms with Gasteiger partial charge in [-0.05, 0) is 36.1 Å². The van der Waals surface area contributed by atoms with Crippen molar-refractivity contribution in [1.29, 1.82) is 0 Å². The Morgan fingerprint density at radius 1 is 1.20 bits per heavy atom. The van der Waals surface area contributed by atoms with Crippen LogP contribution in [0.3, 0.4) is 0 Å². The zero-order chi connectivity index (χ0) is 25.8. The fourth-order valence-electron chi connectivity index (χ4n) is 4.73. The molecule has 1 aliphatic heterocycles. The number of hydrogen-bond donors (Lipinski definition) is 2. The van der Waals surface area contributed by atoms with Crippen molar-refractivity contribution in [2.45, 2.75) is 62.6 Å². The molecule has 2 aromatic carbocycles. The van der Waals surface area contributed by atoms with Crippen molar-refractivity contribution in [2.75, 3.05) is 19.9 Å². The maximum atomic E-state index is 13.8. The second-order valence-electron chi connectivity index (χ2n) is 9.15. The molecule has 9 heteroatoms. The number of aliphatic carboxylic acids is 1. The van der Waals surface area contributed by atoms with Gasteiger partial charge in [0.1, 0.15) is 5.75 Å². The Morgan fingerprint density at radius 3 is 2.46 bits per heavy atom. The molecule has 0 aliphatic carbocycles. The number of nitrogens with zero attached hydrogens (tertiary/aromatic N) is 1. The predicted molar refractivity (Wildman–Crippen MR) is 133 cm³/mol. The van der Waals surface area contributed by atoms with E-state index in [1.165, 1.54) is 20.2 Å². The quantitative estimate of drug-likeness (QED) is 0.531. The van der Waals surface area contributed by atoms with Crippen molar-refractivity contribution in [3.63, 3.8) is 0 Å². The molecule has 35 heavy (non-hydrogen) atoms. The number of nitrogens with one attached hydrogen (secondary N) is 1. The number of unbranched alkanes of at least 4 members (excludes halogenated alkanes) is 1. The number of fused-ring (bicyclic) bond motifs is 1. The van der Waals surface area contributed by atoms with E-state index in [2.05, 4.69) is 12.2 Å². The molecule has 0 spiro atoms. The number of ether oxygens (including phenoxy) is 1. The third-order valence-corrected chi connectivity index (χ3v) is 8.69. The molecule has 8 nitrogen and oxygen atoms in total. The van der Waals surface area contributed by atoms with Crippen molar-refractivity contribution in [3.8, 4) is 5.75 Å². The minimum Gasteiger partial charge on any atom is -0.496 e. The van der Waals surface area contributed by atoms with E-state index >= 15 is 0 Å². The fourth-order valence-corrected chi connectivity index (χ4v) is 6.91. The molecule has 0 bridgehead atoms. The van der Waals surface area contributed by atoms with Gasteiger partial charge >= 0.3 is 11.9 Å². The van der Waals surface area contributed by atoms with Gasteiger partial charge in [0.2, 0.25) is 0 Å². The van der Waals surface area contributed by atoms with Gasteiger partial charge in [-0.15, -0.1) is 0 Å². The number of benzene rings is 2. The SMILES string of the molecule is CCCC[C@]1(CC)CS(=O)(=O)c2cc(CN(C)C(=O)C(=O)O)c(OC)cc2[C@@H](c2ccccc2)N1. The van der Waals surface area contributed by atoms with Gasteiger partial charge in [0, 0.05) is 24.7 Å². The molecule has 0 radical (unpaired) electrons. The summed E-state index contributed by atoms with van der Waals surface area (Å²) in [6, 6.07) is 12.6. The van der Waals surface area contributed by atoms with Crippen molar-refractivity contribution in [1.82, 2.24) is 10.2 Å². The Labute approximate surface area is 207 Å². The van der Waals surface area contributed by atoms with Crippen LogP contribution in [-0.2, 0) is 26.0 Å². The highest BCUT2D eigenvalue weighted by Gasteiger charge is 2.42. The fraction of sp³-hybridized carbons (Fsp3) is 0.462. The van der Waals surface area contributed by atoms with Crippen LogP contribution in [0.15, 0.2) is 47.4 Å². The molecule has 0 saturated carbocycles. The minimum atomic E-state index is -3.73. The molecular weight excluding hydrogens is 468 g/mol. The first-order valence-corrected chi connectivity index (χ1v) is 13.5. The predicted octanol–water partition coefficient (Wildman–Crippen LogP) is 3.54. The molecule has 1 amide bonds. The number of carbonyl (C=O) groups is 2. The molecule has 0 aromatic heterocycles. The maximum Gasteiger partial charge on any atom is 0.394 e. The van der Waals surface area contributed by atoms with Crippen molar-refractivity contribution in [3.05, 3.63) is 59.2 Å². The van der Waals surface area contributed by atoms with Crippen LogP contribution >= 0.6 is 0 Å². The van der Waals surface area contributed by atoms with Gasteiger partial charge < -0.3 is 14.7 Å². The van der Waals surface area contributed by atoms with Crippen LogP contribution in [0.25, 0.3) is 0 Å². The highest BCUT2D eigenvalue weighted by Crippen LogP contribution is 2.41. The summed E-state index contributed by atoms with van der Waals surface area (Å²) >= 11 is 0. The molecular formula is C26H34N2O6S. The van der Waals surface area contributed by atoms with Crippen LogP contribution in [-0.4, -0.2) is 55.7 Å². The lowest BCUT2D eigenvalue weighted by molar-refractivity contribution is -0.155. The van der Waals surface area contributed by atoms with Crippen LogP contribution in [0.2, 0.25) is 0 Å². The van der Waals surface area contributed by atoms with Crippen molar-refractivity contribution >= 4 is 21.7 Å². The molecule has 2 N–H and O–H groups in total. The highest BCUT2D eigenvalue weighted by molar-refractivity contribution is 7.91. The van der Waals surface area contributed by atoms with Crippen LogP contribution in [0, 0.1) is 0 Å². The minimum absolute atomic E-state index is 0.0531. The monoisotopic (exact) mass is 502 g/mol. The van der Waals surface area contributed by atoms with Gasteiger partial charge in [-0.1, -0.05) is 57.0 Å². The number of likely N-dealkylation sites (N-methyl/N-ethyl adjacent to an activating group) is 1. The van der Waals surface area contributed by atoms with Gasteiger partial charge in [0.15, 0.2) is 9.84 Å². The lowest BCUT2D eigenvalue weighted by Crippen LogP contribution is -2.50. The average Bonchev–Trinajstić information content (AvgIpc) is 2.94. The van der Waals surface area contributed by atoms with E-state index in [1.807, 2.05) is 37.3 Å². The third kappa shape index (κ3) is 5.67. The summed E-state index contributed by atoms with van der Waals surface area (Å²) in [6.07, 6.45) is 3.21. The second kappa shape index (κ2) is 10.8. The average molecular weight is 503 g/mol. The molecule has 2 aromatic rings. The number of carboxylic acid groups (broad SMARTS) is 1. The second-order valence-corrected chi connectivity index (χ2v) is 11.1. The summed E-state index contributed by atoms with van der Waals surface area (Å²) in [7, 11) is -0.899. The molecule has 0 unspecified atom stereocenters. The van der Waals surface area contributed by atoms with Gasteiger partial charge in [-0.2, -0.15) is 0 Å². The highest BCUT2D eigenvalue weighted by atomic mass is 32.2. The summed E-state index contributed by atoms with van der Waals surface area (Å²) in [4.78, 5) is 24.3. The lowest BCUT2D eigenvalue weighted by atomic mass is 9.88. The zero-order valence-electron chi connectivity index (χ0n) is 20.7. The van der Waals surface area contributed by atoms with E-state index in [0.29, 0.717) is 23.3 Å².